The van der Waals surface area contributed by atoms with E-state index in [1.165, 1.54) is 31.4 Å². The van der Waals surface area contributed by atoms with Crippen LogP contribution in [0.1, 0.15) is 16.7 Å². The minimum Gasteiger partial charge on any atom is -0.497 e. The number of methoxy groups -OCH3 is 2. The number of fused-ring (bicyclic) bond motifs is 1. The fourth-order valence-corrected chi connectivity index (χ4v) is 3.30. The van der Waals surface area contributed by atoms with Crippen molar-refractivity contribution in [1.82, 2.24) is 5.32 Å². The van der Waals surface area contributed by atoms with Crippen LogP contribution in [0.15, 0.2) is 57.7 Å². The molecule has 1 heterocycles. The van der Waals surface area contributed by atoms with Crippen LogP contribution >= 0.6 is 0 Å². The monoisotopic (exact) mass is 463 g/mol. The van der Waals surface area contributed by atoms with Crippen LogP contribution in [0.3, 0.4) is 0 Å². The maximum absolute atomic E-state index is 12.7. The number of rotatable bonds is 7. The first-order valence-corrected chi connectivity index (χ1v) is 9.75. The quantitative estimate of drug-likeness (QED) is 0.427. The lowest BCUT2D eigenvalue weighted by molar-refractivity contribution is -0.145. The first-order valence-electron chi connectivity index (χ1n) is 9.75. The Labute approximate surface area is 186 Å². The number of hydrogen-bond donors (Lipinski definition) is 1. The highest BCUT2D eigenvalue weighted by atomic mass is 19.4. The minimum absolute atomic E-state index is 0.0696. The summed E-state index contributed by atoms with van der Waals surface area (Å²) in [5.41, 5.74) is -0.455. The van der Waals surface area contributed by atoms with Crippen LogP contribution in [0.2, 0.25) is 0 Å². The zero-order valence-corrected chi connectivity index (χ0v) is 17.7. The number of esters is 1. The smallest absolute Gasteiger partial charge is 0.416 e. The summed E-state index contributed by atoms with van der Waals surface area (Å²) >= 11 is 0. The van der Waals surface area contributed by atoms with Crippen molar-refractivity contribution in [3.8, 4) is 5.75 Å². The van der Waals surface area contributed by atoms with Crippen LogP contribution in [0, 0.1) is 0 Å². The maximum Gasteiger partial charge on any atom is 0.416 e. The molecule has 3 aromatic rings. The van der Waals surface area contributed by atoms with Gasteiger partial charge in [-0.2, -0.15) is 13.2 Å². The van der Waals surface area contributed by atoms with Crippen molar-refractivity contribution in [3.05, 3.63) is 75.6 Å². The highest BCUT2D eigenvalue weighted by Crippen LogP contribution is 2.29. The van der Waals surface area contributed by atoms with E-state index >= 15 is 0 Å². The van der Waals surface area contributed by atoms with Gasteiger partial charge in [0.15, 0.2) is 0 Å². The van der Waals surface area contributed by atoms with E-state index in [0.717, 1.165) is 19.2 Å². The van der Waals surface area contributed by atoms with Crippen molar-refractivity contribution in [3.63, 3.8) is 0 Å². The van der Waals surface area contributed by atoms with Crippen LogP contribution in [0.25, 0.3) is 11.0 Å². The van der Waals surface area contributed by atoms with Gasteiger partial charge in [0.1, 0.15) is 17.4 Å². The second kappa shape index (κ2) is 9.76. The van der Waals surface area contributed by atoms with E-state index in [-0.39, 0.29) is 18.4 Å². The Hall–Kier alpha value is -3.82. The van der Waals surface area contributed by atoms with Crippen molar-refractivity contribution in [2.45, 2.75) is 25.1 Å². The first kappa shape index (κ1) is 23.8. The van der Waals surface area contributed by atoms with Gasteiger partial charge in [-0.1, -0.05) is 12.1 Å². The molecule has 0 bridgehead atoms. The molecule has 0 aliphatic heterocycles. The third-order valence-corrected chi connectivity index (χ3v) is 4.93. The molecule has 0 aliphatic carbocycles. The lowest BCUT2D eigenvalue weighted by Crippen LogP contribution is -2.43. The van der Waals surface area contributed by atoms with Gasteiger partial charge in [0.25, 0.3) is 0 Å². The predicted molar refractivity (Wildman–Crippen MR) is 112 cm³/mol. The Morgan fingerprint density at radius 2 is 1.76 bits per heavy atom. The molecule has 1 atom stereocenters. The van der Waals surface area contributed by atoms with Crippen molar-refractivity contribution < 1.29 is 36.7 Å². The van der Waals surface area contributed by atoms with Gasteiger partial charge in [-0.3, -0.25) is 4.79 Å². The SMILES string of the molecule is COC(=O)[C@H](Cc1cc(=O)oc2cc(OC)ccc12)NC(=O)Cc1ccc(C(F)(F)F)cc1. The summed E-state index contributed by atoms with van der Waals surface area (Å²) in [6, 6.07) is 9.06. The average molecular weight is 463 g/mol. The molecule has 1 amide bonds. The molecule has 0 fully saturated rings. The standard InChI is InChI=1S/C23H20F3NO6/c1-31-16-7-8-17-14(11-21(29)33-19(17)12-16)10-18(22(30)32-2)27-20(28)9-13-3-5-15(6-4-13)23(24,25)26/h3-8,11-12,18H,9-10H2,1-2H3,(H,27,28)/t18-/m0/s1. The number of carbonyl (C=O) groups excluding carboxylic acids is 2. The van der Waals surface area contributed by atoms with Gasteiger partial charge < -0.3 is 19.2 Å². The molecule has 0 unspecified atom stereocenters. The summed E-state index contributed by atoms with van der Waals surface area (Å²) in [6.45, 7) is 0. The van der Waals surface area contributed by atoms with Crippen LogP contribution < -0.4 is 15.7 Å². The highest BCUT2D eigenvalue weighted by Gasteiger charge is 2.30. The van der Waals surface area contributed by atoms with Gasteiger partial charge in [-0.15, -0.1) is 0 Å². The molecule has 0 saturated carbocycles. The number of amides is 1. The summed E-state index contributed by atoms with van der Waals surface area (Å²) in [5, 5.41) is 3.07. The fourth-order valence-electron chi connectivity index (χ4n) is 3.30. The van der Waals surface area contributed by atoms with E-state index in [1.807, 2.05) is 0 Å². The van der Waals surface area contributed by atoms with Gasteiger partial charge >= 0.3 is 17.8 Å². The lowest BCUT2D eigenvalue weighted by Gasteiger charge is -2.17. The first-order chi connectivity index (χ1) is 15.6. The largest absolute Gasteiger partial charge is 0.497 e. The molecular weight excluding hydrogens is 443 g/mol. The summed E-state index contributed by atoms with van der Waals surface area (Å²) in [5.74, 6) is -0.873. The zero-order chi connectivity index (χ0) is 24.2. The topological polar surface area (TPSA) is 94.8 Å². The molecule has 10 heteroatoms. The second-order valence-corrected chi connectivity index (χ2v) is 7.17. The number of alkyl halides is 3. The van der Waals surface area contributed by atoms with E-state index in [0.29, 0.717) is 22.3 Å². The fraction of sp³-hybridized carbons (Fsp3) is 0.261. The summed E-state index contributed by atoms with van der Waals surface area (Å²) in [6.07, 6.45) is -4.80. The van der Waals surface area contributed by atoms with E-state index in [9.17, 15) is 27.6 Å². The zero-order valence-electron chi connectivity index (χ0n) is 17.7. The van der Waals surface area contributed by atoms with E-state index in [2.05, 4.69) is 5.32 Å². The Morgan fingerprint density at radius 1 is 1.06 bits per heavy atom. The van der Waals surface area contributed by atoms with Crippen molar-refractivity contribution in [2.24, 2.45) is 0 Å². The van der Waals surface area contributed by atoms with E-state index in [4.69, 9.17) is 13.9 Å². The molecule has 1 N–H and O–H groups in total. The van der Waals surface area contributed by atoms with Crippen molar-refractivity contribution in [2.75, 3.05) is 14.2 Å². The summed E-state index contributed by atoms with van der Waals surface area (Å²) in [7, 11) is 2.61. The van der Waals surface area contributed by atoms with Gasteiger partial charge in [-0.05, 0) is 35.4 Å². The third-order valence-electron chi connectivity index (χ3n) is 4.93. The van der Waals surface area contributed by atoms with Crippen LogP contribution in [-0.2, 0) is 33.3 Å². The average Bonchev–Trinajstić information content (AvgIpc) is 2.77. The minimum atomic E-state index is -4.48. The number of ether oxygens (including phenoxy) is 2. The molecule has 3 rings (SSSR count). The molecule has 7 nitrogen and oxygen atoms in total. The molecule has 0 radical (unpaired) electrons. The van der Waals surface area contributed by atoms with Gasteiger partial charge in [0, 0.05) is 23.9 Å². The Bertz CT molecular complexity index is 1220. The van der Waals surface area contributed by atoms with Crippen LogP contribution in [-0.4, -0.2) is 32.1 Å². The highest BCUT2D eigenvalue weighted by molar-refractivity contribution is 5.87. The normalized spacial score (nSPS) is 12.3. The molecule has 2 aromatic carbocycles. The molecule has 174 valence electrons. The van der Waals surface area contributed by atoms with Crippen molar-refractivity contribution in [1.29, 1.82) is 0 Å². The number of hydrogen-bond acceptors (Lipinski definition) is 6. The van der Waals surface area contributed by atoms with E-state index in [1.54, 1.807) is 12.1 Å². The molecule has 33 heavy (non-hydrogen) atoms. The molecule has 0 saturated heterocycles. The van der Waals surface area contributed by atoms with Crippen LogP contribution in [0.4, 0.5) is 13.2 Å². The molecule has 0 spiro atoms. The Kier molecular flexibility index (Phi) is 7.05. The second-order valence-electron chi connectivity index (χ2n) is 7.17. The van der Waals surface area contributed by atoms with Crippen molar-refractivity contribution >= 4 is 22.8 Å². The van der Waals surface area contributed by atoms with E-state index < -0.39 is 35.3 Å². The van der Waals surface area contributed by atoms with Crippen LogP contribution in [0.5, 0.6) is 5.75 Å². The van der Waals surface area contributed by atoms with Gasteiger partial charge in [0.05, 0.1) is 26.2 Å². The predicted octanol–water partition coefficient (Wildman–Crippen LogP) is 3.26. The Balaban J connectivity index is 1.80. The van der Waals surface area contributed by atoms with Gasteiger partial charge in [-0.25, -0.2) is 9.59 Å². The third kappa shape index (κ3) is 5.91. The molecular formula is C23H20F3NO6. The number of halogens is 3. The summed E-state index contributed by atoms with van der Waals surface area (Å²) in [4.78, 5) is 36.8. The summed E-state index contributed by atoms with van der Waals surface area (Å²) < 4.78 is 53.2. The molecule has 1 aromatic heterocycles. The number of carbonyl (C=O) groups is 2. The Morgan fingerprint density at radius 3 is 2.36 bits per heavy atom. The number of nitrogens with one attached hydrogen (secondary N) is 1. The molecule has 0 aliphatic rings. The van der Waals surface area contributed by atoms with Gasteiger partial charge in [0.2, 0.25) is 5.91 Å². The lowest BCUT2D eigenvalue weighted by atomic mass is 10.0. The number of benzene rings is 2. The maximum atomic E-state index is 12.7.